The molecule has 1 aliphatic rings. The highest BCUT2D eigenvalue weighted by atomic mass is 16.3. The Balaban J connectivity index is 2.48. The fourth-order valence-corrected chi connectivity index (χ4v) is 2.49. The molecule has 0 aliphatic carbocycles. The zero-order chi connectivity index (χ0) is 12.2. The summed E-state index contributed by atoms with van der Waals surface area (Å²) in [6, 6.07) is 0. The number of aliphatic hydroxyl groups excluding tert-OH is 1. The van der Waals surface area contributed by atoms with Crippen molar-refractivity contribution in [1.29, 1.82) is 0 Å². The molecule has 0 radical (unpaired) electrons. The van der Waals surface area contributed by atoms with Crippen molar-refractivity contribution in [1.82, 2.24) is 4.90 Å². The van der Waals surface area contributed by atoms with Crippen LogP contribution in [0.4, 0.5) is 0 Å². The van der Waals surface area contributed by atoms with E-state index in [0.717, 1.165) is 25.7 Å². The number of piperidine rings is 1. The van der Waals surface area contributed by atoms with Crippen LogP contribution in [0.2, 0.25) is 0 Å². The monoisotopic (exact) mass is 227 g/mol. The number of carbonyl (C=O) groups is 1. The number of unbranched alkanes of at least 4 members (excludes halogenated alkanes) is 2. The zero-order valence-corrected chi connectivity index (χ0v) is 10.8. The number of nitrogens with zero attached hydrogens (tertiary/aromatic N) is 1. The second-order valence-corrected chi connectivity index (χ2v) is 5.46. The Hall–Kier alpha value is -0.570. The fourth-order valence-electron chi connectivity index (χ4n) is 2.49. The topological polar surface area (TPSA) is 40.5 Å². The third kappa shape index (κ3) is 3.48. The van der Waals surface area contributed by atoms with Crippen molar-refractivity contribution in [3.05, 3.63) is 0 Å². The lowest BCUT2D eigenvalue weighted by Gasteiger charge is -2.44. The molecule has 16 heavy (non-hydrogen) atoms. The van der Waals surface area contributed by atoms with Crippen molar-refractivity contribution >= 4 is 5.91 Å². The van der Waals surface area contributed by atoms with Gasteiger partial charge in [0.2, 0.25) is 5.91 Å². The Morgan fingerprint density at radius 2 is 2.12 bits per heavy atom. The molecule has 0 aromatic rings. The summed E-state index contributed by atoms with van der Waals surface area (Å²) in [7, 11) is 0. The molecule has 1 N–H and O–H groups in total. The van der Waals surface area contributed by atoms with Crippen LogP contribution in [0.15, 0.2) is 0 Å². The first kappa shape index (κ1) is 13.5. The van der Waals surface area contributed by atoms with E-state index in [-0.39, 0.29) is 17.6 Å². The molecule has 1 atom stereocenters. The van der Waals surface area contributed by atoms with E-state index < -0.39 is 0 Å². The normalized spacial score (nSPS) is 24.5. The summed E-state index contributed by atoms with van der Waals surface area (Å²) in [6.45, 7) is 6.95. The van der Waals surface area contributed by atoms with Crippen LogP contribution >= 0.6 is 0 Å². The summed E-state index contributed by atoms with van der Waals surface area (Å²) >= 11 is 0. The zero-order valence-electron chi connectivity index (χ0n) is 10.8. The van der Waals surface area contributed by atoms with Gasteiger partial charge in [0.25, 0.3) is 0 Å². The van der Waals surface area contributed by atoms with Gasteiger partial charge in [-0.2, -0.15) is 0 Å². The molecule has 1 rings (SSSR count). The van der Waals surface area contributed by atoms with Gasteiger partial charge < -0.3 is 10.0 Å². The summed E-state index contributed by atoms with van der Waals surface area (Å²) in [5.74, 6) is 0.255. The van der Waals surface area contributed by atoms with E-state index in [0.29, 0.717) is 19.4 Å². The molecule has 0 bridgehead atoms. The molecule has 0 spiro atoms. The SMILES string of the molecule is CCCCCC(=O)N1CCC(O)CC1(C)C. The number of rotatable bonds is 4. The van der Waals surface area contributed by atoms with Crippen LogP contribution in [0.5, 0.6) is 0 Å². The van der Waals surface area contributed by atoms with Gasteiger partial charge in [-0.05, 0) is 33.1 Å². The minimum Gasteiger partial charge on any atom is -0.393 e. The first-order valence-electron chi connectivity index (χ1n) is 6.46. The van der Waals surface area contributed by atoms with Gasteiger partial charge in [-0.1, -0.05) is 19.8 Å². The first-order chi connectivity index (χ1) is 7.47. The molecule has 1 saturated heterocycles. The molecule has 3 heteroatoms. The van der Waals surface area contributed by atoms with E-state index in [9.17, 15) is 9.90 Å². The van der Waals surface area contributed by atoms with Crippen LogP contribution in [-0.2, 0) is 4.79 Å². The summed E-state index contributed by atoms with van der Waals surface area (Å²) < 4.78 is 0. The van der Waals surface area contributed by atoms with Crippen molar-refractivity contribution in [2.75, 3.05) is 6.54 Å². The quantitative estimate of drug-likeness (QED) is 0.749. The lowest BCUT2D eigenvalue weighted by Crippen LogP contribution is -2.54. The molecule has 3 nitrogen and oxygen atoms in total. The predicted octanol–water partition coefficient (Wildman–Crippen LogP) is 2.33. The van der Waals surface area contributed by atoms with Gasteiger partial charge in [-0.3, -0.25) is 4.79 Å². The van der Waals surface area contributed by atoms with Crippen molar-refractivity contribution in [2.45, 2.75) is 70.9 Å². The second kappa shape index (κ2) is 5.67. The molecule has 1 fully saturated rings. The highest BCUT2D eigenvalue weighted by Gasteiger charge is 2.36. The Morgan fingerprint density at radius 3 is 2.69 bits per heavy atom. The van der Waals surface area contributed by atoms with Crippen molar-refractivity contribution in [2.24, 2.45) is 0 Å². The predicted molar refractivity (Wildman–Crippen MR) is 65.2 cm³/mol. The maximum absolute atomic E-state index is 12.0. The van der Waals surface area contributed by atoms with Crippen molar-refractivity contribution in [3.63, 3.8) is 0 Å². The number of likely N-dealkylation sites (tertiary alicyclic amines) is 1. The number of aliphatic hydroxyl groups is 1. The van der Waals surface area contributed by atoms with E-state index in [1.165, 1.54) is 0 Å². The molecule has 1 aliphatic heterocycles. The lowest BCUT2D eigenvalue weighted by atomic mass is 9.88. The Morgan fingerprint density at radius 1 is 1.44 bits per heavy atom. The van der Waals surface area contributed by atoms with Crippen LogP contribution in [0.1, 0.15) is 59.3 Å². The first-order valence-corrected chi connectivity index (χ1v) is 6.46. The van der Waals surface area contributed by atoms with Gasteiger partial charge in [0.05, 0.1) is 6.10 Å². The molecule has 0 saturated carbocycles. The van der Waals surface area contributed by atoms with E-state index in [1.54, 1.807) is 0 Å². The Kier molecular flexibility index (Phi) is 4.78. The van der Waals surface area contributed by atoms with Crippen LogP contribution in [0.3, 0.4) is 0 Å². The maximum Gasteiger partial charge on any atom is 0.223 e. The van der Waals surface area contributed by atoms with E-state index in [1.807, 2.05) is 18.7 Å². The third-order valence-corrected chi connectivity index (χ3v) is 3.45. The van der Waals surface area contributed by atoms with E-state index in [2.05, 4.69) is 6.92 Å². The molecule has 1 unspecified atom stereocenters. The molecule has 1 heterocycles. The van der Waals surface area contributed by atoms with Gasteiger partial charge in [-0.25, -0.2) is 0 Å². The summed E-state index contributed by atoms with van der Waals surface area (Å²) in [6.07, 6.45) is 5.11. The van der Waals surface area contributed by atoms with Crippen LogP contribution in [-0.4, -0.2) is 34.1 Å². The maximum atomic E-state index is 12.0. The highest BCUT2D eigenvalue weighted by Crippen LogP contribution is 2.28. The molecule has 0 aromatic heterocycles. The standard InChI is InChI=1S/C13H25NO2/c1-4-5-6-7-12(16)14-9-8-11(15)10-13(14,2)3/h11,15H,4-10H2,1-3H3. The summed E-state index contributed by atoms with van der Waals surface area (Å²) in [5.41, 5.74) is -0.180. The van der Waals surface area contributed by atoms with E-state index >= 15 is 0 Å². The average Bonchev–Trinajstić information content (AvgIpc) is 2.16. The van der Waals surface area contributed by atoms with Crippen molar-refractivity contribution < 1.29 is 9.90 Å². The number of carbonyl (C=O) groups excluding carboxylic acids is 1. The van der Waals surface area contributed by atoms with Crippen LogP contribution in [0.25, 0.3) is 0 Å². The van der Waals surface area contributed by atoms with Gasteiger partial charge in [-0.15, -0.1) is 0 Å². The van der Waals surface area contributed by atoms with E-state index in [4.69, 9.17) is 0 Å². The van der Waals surface area contributed by atoms with Gasteiger partial charge >= 0.3 is 0 Å². The Labute approximate surface area is 98.8 Å². The largest absolute Gasteiger partial charge is 0.393 e. The van der Waals surface area contributed by atoms with Crippen LogP contribution < -0.4 is 0 Å². The fraction of sp³-hybridized carbons (Fsp3) is 0.923. The lowest BCUT2D eigenvalue weighted by molar-refractivity contribution is -0.141. The second-order valence-electron chi connectivity index (χ2n) is 5.46. The Bertz CT molecular complexity index is 238. The minimum atomic E-state index is -0.241. The molecular formula is C13H25NO2. The molecule has 94 valence electrons. The van der Waals surface area contributed by atoms with Crippen molar-refractivity contribution in [3.8, 4) is 0 Å². The van der Waals surface area contributed by atoms with Gasteiger partial charge in [0.15, 0.2) is 0 Å². The summed E-state index contributed by atoms with van der Waals surface area (Å²) in [4.78, 5) is 14.0. The number of amides is 1. The van der Waals surface area contributed by atoms with Gasteiger partial charge in [0.1, 0.15) is 0 Å². The summed E-state index contributed by atoms with van der Waals surface area (Å²) in [5, 5.41) is 9.62. The van der Waals surface area contributed by atoms with Crippen LogP contribution in [0, 0.1) is 0 Å². The third-order valence-electron chi connectivity index (χ3n) is 3.45. The average molecular weight is 227 g/mol. The highest BCUT2D eigenvalue weighted by molar-refractivity contribution is 5.77. The molecule has 0 aromatic carbocycles. The minimum absolute atomic E-state index is 0.180. The number of hydrogen-bond donors (Lipinski definition) is 1. The smallest absolute Gasteiger partial charge is 0.223 e. The molecular weight excluding hydrogens is 202 g/mol. The van der Waals surface area contributed by atoms with Gasteiger partial charge in [0, 0.05) is 18.5 Å². The molecule has 1 amide bonds. The number of hydrogen-bond acceptors (Lipinski definition) is 2.